The van der Waals surface area contributed by atoms with E-state index in [2.05, 4.69) is 15.8 Å². The van der Waals surface area contributed by atoms with E-state index in [0.717, 1.165) is 4.57 Å². The number of benzene rings is 1. The topological polar surface area (TPSA) is 128 Å². The number of carbonyl (C=O) groups is 2. The molecule has 0 saturated carbocycles. The molecule has 2 N–H and O–H groups in total. The minimum absolute atomic E-state index is 0.177. The van der Waals surface area contributed by atoms with Crippen LogP contribution in [0.25, 0.3) is 10.9 Å². The van der Waals surface area contributed by atoms with Crippen LogP contribution in [0.4, 0.5) is 5.13 Å². The lowest BCUT2D eigenvalue weighted by Crippen LogP contribution is -2.46. The van der Waals surface area contributed by atoms with Crippen molar-refractivity contribution in [3.63, 3.8) is 0 Å². The largest absolute Gasteiger partial charge is 0.378 e. The summed E-state index contributed by atoms with van der Waals surface area (Å²) in [6.07, 6.45) is 0. The van der Waals surface area contributed by atoms with Crippen LogP contribution in [-0.4, -0.2) is 52.2 Å². The number of hydrazine groups is 1. The smallest absolute Gasteiger partial charge is 0.331 e. The van der Waals surface area contributed by atoms with Crippen LogP contribution in [-0.2, 0) is 22.6 Å². The summed E-state index contributed by atoms with van der Waals surface area (Å²) in [5, 5.41) is 2.66. The molecule has 2 amide bonds. The van der Waals surface area contributed by atoms with Crippen LogP contribution in [0.2, 0.25) is 0 Å². The second-order valence-electron chi connectivity index (χ2n) is 7.05. The van der Waals surface area contributed by atoms with E-state index >= 15 is 0 Å². The second kappa shape index (κ2) is 9.32. The van der Waals surface area contributed by atoms with Crippen LogP contribution < -0.4 is 27.0 Å². The Hall–Kier alpha value is -3.51. The normalized spacial score (nSPS) is 13.8. The lowest BCUT2D eigenvalue weighted by atomic mass is 10.2. The molecule has 0 unspecified atom stereocenters. The highest BCUT2D eigenvalue weighted by atomic mass is 32.1. The maximum Gasteiger partial charge on any atom is 0.331 e. The first kappa shape index (κ1) is 21.7. The predicted molar refractivity (Wildman–Crippen MR) is 119 cm³/mol. The molecule has 11 nitrogen and oxygen atoms in total. The molecule has 2 aromatic heterocycles. The monoisotopic (exact) mass is 458 g/mol. The van der Waals surface area contributed by atoms with Gasteiger partial charge in [0, 0.05) is 25.0 Å². The summed E-state index contributed by atoms with van der Waals surface area (Å²) >= 11 is 1.34. The highest BCUT2D eigenvalue weighted by Crippen LogP contribution is 2.21. The highest BCUT2D eigenvalue weighted by molar-refractivity contribution is 7.13. The number of para-hydroxylation sites is 1. The van der Waals surface area contributed by atoms with Crippen molar-refractivity contribution in [3.05, 3.63) is 56.2 Å². The third-order valence-electron chi connectivity index (χ3n) is 5.07. The molecule has 3 aromatic rings. The van der Waals surface area contributed by atoms with Gasteiger partial charge in [0.15, 0.2) is 5.13 Å². The third-order valence-corrected chi connectivity index (χ3v) is 5.97. The van der Waals surface area contributed by atoms with Gasteiger partial charge < -0.3 is 9.64 Å². The average molecular weight is 459 g/mol. The fraction of sp³-hybridized carbons (Fsp3) is 0.350. The lowest BCUT2D eigenvalue weighted by Gasteiger charge is -2.25. The van der Waals surface area contributed by atoms with Crippen molar-refractivity contribution in [2.45, 2.75) is 20.0 Å². The first-order valence-electron chi connectivity index (χ1n) is 10.1. The van der Waals surface area contributed by atoms with E-state index in [1.807, 2.05) is 4.90 Å². The molecule has 1 fully saturated rings. The zero-order chi connectivity index (χ0) is 22.7. The number of anilines is 1. The Morgan fingerprint density at radius 2 is 1.88 bits per heavy atom. The number of fused-ring (bicyclic) bond motifs is 1. The number of rotatable bonds is 5. The molecule has 32 heavy (non-hydrogen) atoms. The van der Waals surface area contributed by atoms with Crippen LogP contribution in [0, 0.1) is 0 Å². The molecule has 1 aliphatic heterocycles. The molecule has 168 valence electrons. The van der Waals surface area contributed by atoms with E-state index in [1.165, 1.54) is 15.9 Å². The molecule has 0 spiro atoms. The fourth-order valence-electron chi connectivity index (χ4n) is 3.44. The summed E-state index contributed by atoms with van der Waals surface area (Å²) in [6.45, 7) is 4.11. The number of aromatic nitrogens is 3. The first-order valence-corrected chi connectivity index (χ1v) is 11.0. The van der Waals surface area contributed by atoms with Crippen molar-refractivity contribution in [2.24, 2.45) is 0 Å². The second-order valence-corrected chi connectivity index (χ2v) is 7.89. The minimum atomic E-state index is -0.615. The molecule has 12 heteroatoms. The number of nitrogens with one attached hydrogen (secondary N) is 2. The Balaban J connectivity index is 1.45. The van der Waals surface area contributed by atoms with Gasteiger partial charge >= 0.3 is 5.69 Å². The highest BCUT2D eigenvalue weighted by Gasteiger charge is 2.19. The van der Waals surface area contributed by atoms with E-state index < -0.39 is 23.1 Å². The molecular weight excluding hydrogens is 436 g/mol. The molecule has 0 aliphatic carbocycles. The van der Waals surface area contributed by atoms with Crippen LogP contribution in [0.5, 0.6) is 0 Å². The Kier molecular flexibility index (Phi) is 6.32. The standard InChI is InChI=1S/C20H22N6O5S/c1-2-25-18(29)13-5-3-4-6-15(13)26(20(25)30)11-16(27)22-23-17(28)14-12-32-19(21-14)24-7-9-31-10-8-24/h3-6,12H,2,7-11H2,1H3,(H,22,27)(H,23,28). The van der Waals surface area contributed by atoms with Gasteiger partial charge in [0.25, 0.3) is 17.4 Å². The number of hydrogen-bond acceptors (Lipinski definition) is 8. The average Bonchev–Trinajstić information content (AvgIpc) is 3.32. The van der Waals surface area contributed by atoms with Gasteiger partial charge in [-0.3, -0.25) is 34.4 Å². The Labute approximate surface area is 186 Å². The van der Waals surface area contributed by atoms with Gasteiger partial charge in [0.2, 0.25) is 0 Å². The SMILES string of the molecule is CCn1c(=O)c2ccccc2n(CC(=O)NNC(=O)c2csc(N3CCOCC3)n2)c1=O. The molecule has 0 bridgehead atoms. The number of morpholine rings is 1. The Morgan fingerprint density at radius 1 is 1.12 bits per heavy atom. The molecule has 4 rings (SSSR count). The molecule has 1 saturated heterocycles. The van der Waals surface area contributed by atoms with Gasteiger partial charge in [-0.2, -0.15) is 0 Å². The van der Waals surface area contributed by atoms with E-state index in [-0.39, 0.29) is 18.8 Å². The molecule has 0 radical (unpaired) electrons. The van der Waals surface area contributed by atoms with Gasteiger partial charge in [0.1, 0.15) is 12.2 Å². The van der Waals surface area contributed by atoms with Gasteiger partial charge in [-0.15, -0.1) is 11.3 Å². The van der Waals surface area contributed by atoms with Gasteiger partial charge in [0.05, 0.1) is 24.1 Å². The van der Waals surface area contributed by atoms with Gasteiger partial charge in [-0.05, 0) is 19.1 Å². The summed E-state index contributed by atoms with van der Waals surface area (Å²) in [6, 6.07) is 6.58. The minimum Gasteiger partial charge on any atom is -0.378 e. The molecular formula is C20H22N6O5S. The van der Waals surface area contributed by atoms with Crippen LogP contribution in [0.15, 0.2) is 39.2 Å². The first-order chi connectivity index (χ1) is 15.5. The number of amides is 2. The molecule has 1 aromatic carbocycles. The lowest BCUT2D eigenvalue weighted by molar-refractivity contribution is -0.122. The molecule has 0 atom stereocenters. The number of ether oxygens (including phenoxy) is 1. The van der Waals surface area contributed by atoms with Crippen LogP contribution in [0.1, 0.15) is 17.4 Å². The van der Waals surface area contributed by atoms with Crippen molar-refractivity contribution in [1.29, 1.82) is 0 Å². The van der Waals surface area contributed by atoms with E-state index in [0.29, 0.717) is 42.3 Å². The third kappa shape index (κ3) is 4.27. The number of carbonyl (C=O) groups excluding carboxylic acids is 2. The number of nitrogens with zero attached hydrogens (tertiary/aromatic N) is 4. The zero-order valence-corrected chi connectivity index (χ0v) is 18.2. The van der Waals surface area contributed by atoms with E-state index in [9.17, 15) is 19.2 Å². The van der Waals surface area contributed by atoms with Crippen molar-refractivity contribution in [3.8, 4) is 0 Å². The molecule has 1 aliphatic rings. The summed E-state index contributed by atoms with van der Waals surface area (Å²) in [7, 11) is 0. The number of hydrogen-bond donors (Lipinski definition) is 2. The van der Waals surface area contributed by atoms with Crippen LogP contribution >= 0.6 is 11.3 Å². The Morgan fingerprint density at radius 3 is 2.62 bits per heavy atom. The van der Waals surface area contributed by atoms with Gasteiger partial charge in [-0.1, -0.05) is 12.1 Å². The summed E-state index contributed by atoms with van der Waals surface area (Å²) in [4.78, 5) is 56.4. The van der Waals surface area contributed by atoms with E-state index in [1.54, 1.807) is 36.6 Å². The van der Waals surface area contributed by atoms with Crippen molar-refractivity contribution >= 4 is 39.2 Å². The maximum atomic E-state index is 12.7. The Bertz CT molecular complexity index is 1270. The van der Waals surface area contributed by atoms with Gasteiger partial charge in [-0.25, -0.2) is 9.78 Å². The maximum absolute atomic E-state index is 12.7. The fourth-order valence-corrected chi connectivity index (χ4v) is 4.30. The van der Waals surface area contributed by atoms with Crippen molar-refractivity contribution in [2.75, 3.05) is 31.2 Å². The predicted octanol–water partition coefficient (Wildman–Crippen LogP) is -0.0626. The van der Waals surface area contributed by atoms with Crippen LogP contribution in [0.3, 0.4) is 0 Å². The molecule has 3 heterocycles. The zero-order valence-electron chi connectivity index (χ0n) is 17.4. The van der Waals surface area contributed by atoms with E-state index in [4.69, 9.17) is 4.74 Å². The quantitative estimate of drug-likeness (QED) is 0.513. The summed E-state index contributed by atoms with van der Waals surface area (Å²) in [5.74, 6) is -1.18. The summed E-state index contributed by atoms with van der Waals surface area (Å²) in [5.41, 5.74) is 4.16. The summed E-state index contributed by atoms with van der Waals surface area (Å²) < 4.78 is 7.59. The van der Waals surface area contributed by atoms with Crippen molar-refractivity contribution < 1.29 is 14.3 Å². The number of thiazole rings is 1. The van der Waals surface area contributed by atoms with Crippen molar-refractivity contribution in [1.82, 2.24) is 25.0 Å².